The molecule has 24 heavy (non-hydrogen) atoms. The van der Waals surface area contributed by atoms with Crippen molar-refractivity contribution in [3.63, 3.8) is 0 Å². The van der Waals surface area contributed by atoms with E-state index in [9.17, 15) is 9.59 Å². The van der Waals surface area contributed by atoms with Gasteiger partial charge in [0.25, 0.3) is 0 Å². The van der Waals surface area contributed by atoms with Gasteiger partial charge in [0.1, 0.15) is 0 Å². The zero-order valence-electron chi connectivity index (χ0n) is 14.4. The van der Waals surface area contributed by atoms with Gasteiger partial charge in [-0.05, 0) is 62.4 Å². The van der Waals surface area contributed by atoms with Crippen molar-refractivity contribution in [2.75, 3.05) is 29.9 Å². The highest BCUT2D eigenvalue weighted by molar-refractivity contribution is 5.97. The topological polar surface area (TPSA) is 61.4 Å². The summed E-state index contributed by atoms with van der Waals surface area (Å²) in [5, 5.41) is 6.36. The smallest absolute Gasteiger partial charge is 0.227 e. The fraction of sp³-hybridized carbons (Fsp3) is 0.579. The highest BCUT2D eigenvalue weighted by Crippen LogP contribution is 2.26. The van der Waals surface area contributed by atoms with Gasteiger partial charge in [-0.15, -0.1) is 0 Å². The lowest BCUT2D eigenvalue weighted by Gasteiger charge is -2.27. The number of nitrogens with zero attached hydrogens (tertiary/aromatic N) is 1. The Morgan fingerprint density at radius 2 is 2.17 bits per heavy atom. The van der Waals surface area contributed by atoms with Gasteiger partial charge in [0, 0.05) is 30.8 Å². The van der Waals surface area contributed by atoms with Gasteiger partial charge in [0.05, 0.1) is 0 Å². The monoisotopic (exact) mass is 329 g/mol. The van der Waals surface area contributed by atoms with Crippen molar-refractivity contribution in [2.24, 2.45) is 11.8 Å². The summed E-state index contributed by atoms with van der Waals surface area (Å²) in [6.45, 7) is 5.06. The molecule has 5 heteroatoms. The number of carbonyl (C=O) groups is 2. The molecule has 0 spiro atoms. The van der Waals surface area contributed by atoms with Gasteiger partial charge in [-0.3, -0.25) is 9.59 Å². The van der Waals surface area contributed by atoms with E-state index in [1.807, 2.05) is 24.3 Å². The lowest BCUT2D eigenvalue weighted by molar-refractivity contribution is -0.118. The Hall–Kier alpha value is -1.88. The highest BCUT2D eigenvalue weighted by atomic mass is 16.2. The predicted octanol–water partition coefficient (Wildman–Crippen LogP) is 2.78. The Morgan fingerprint density at radius 3 is 2.88 bits per heavy atom. The van der Waals surface area contributed by atoms with Crippen LogP contribution in [0.25, 0.3) is 0 Å². The third kappa shape index (κ3) is 4.15. The first-order valence-corrected chi connectivity index (χ1v) is 9.04. The van der Waals surface area contributed by atoms with Crippen LogP contribution in [-0.2, 0) is 9.59 Å². The molecule has 2 N–H and O–H groups in total. The number of rotatable bonds is 5. The van der Waals surface area contributed by atoms with Crippen molar-refractivity contribution in [2.45, 2.75) is 39.0 Å². The predicted molar refractivity (Wildman–Crippen MR) is 96.0 cm³/mol. The first-order valence-electron chi connectivity index (χ1n) is 9.04. The van der Waals surface area contributed by atoms with Crippen LogP contribution in [0, 0.1) is 11.8 Å². The minimum atomic E-state index is 0.0610. The van der Waals surface area contributed by atoms with Crippen molar-refractivity contribution < 1.29 is 9.59 Å². The molecule has 5 nitrogen and oxygen atoms in total. The molecule has 0 radical (unpaired) electrons. The molecule has 1 atom stereocenters. The zero-order valence-corrected chi connectivity index (χ0v) is 14.4. The molecule has 3 rings (SSSR count). The van der Waals surface area contributed by atoms with Crippen molar-refractivity contribution in [1.82, 2.24) is 5.32 Å². The fourth-order valence-electron chi connectivity index (χ4n) is 3.76. The third-order valence-corrected chi connectivity index (χ3v) is 5.21. The van der Waals surface area contributed by atoms with Crippen LogP contribution in [-0.4, -0.2) is 31.4 Å². The molecule has 0 saturated carbocycles. The van der Waals surface area contributed by atoms with E-state index in [-0.39, 0.29) is 11.8 Å². The van der Waals surface area contributed by atoms with Crippen LogP contribution in [0.1, 0.15) is 39.0 Å². The fourth-order valence-corrected chi connectivity index (χ4v) is 3.76. The Balaban J connectivity index is 1.57. The molecule has 0 aromatic heterocycles. The van der Waals surface area contributed by atoms with Gasteiger partial charge in [-0.1, -0.05) is 13.0 Å². The maximum Gasteiger partial charge on any atom is 0.227 e. The molecule has 2 heterocycles. The maximum absolute atomic E-state index is 12.4. The Kier molecular flexibility index (Phi) is 5.51. The van der Waals surface area contributed by atoms with Gasteiger partial charge >= 0.3 is 0 Å². The van der Waals surface area contributed by atoms with Crippen LogP contribution in [0.15, 0.2) is 24.3 Å². The largest absolute Gasteiger partial charge is 0.326 e. The molecule has 1 unspecified atom stereocenters. The number of hydrogen-bond acceptors (Lipinski definition) is 3. The lowest BCUT2D eigenvalue weighted by Crippen LogP contribution is -2.32. The van der Waals surface area contributed by atoms with Gasteiger partial charge in [0.2, 0.25) is 11.8 Å². The van der Waals surface area contributed by atoms with E-state index in [4.69, 9.17) is 0 Å². The number of carbonyl (C=O) groups excluding carboxylic acids is 2. The Bertz CT molecular complexity index is 596. The van der Waals surface area contributed by atoms with Gasteiger partial charge in [-0.2, -0.15) is 0 Å². The molecule has 1 aromatic carbocycles. The summed E-state index contributed by atoms with van der Waals surface area (Å²) in [6, 6.07) is 7.61. The van der Waals surface area contributed by atoms with Crippen molar-refractivity contribution in [3.8, 4) is 0 Å². The number of benzene rings is 1. The number of nitrogens with one attached hydrogen (secondary N) is 2. The molecular weight excluding hydrogens is 302 g/mol. The molecule has 2 aliphatic heterocycles. The third-order valence-electron chi connectivity index (χ3n) is 5.21. The quantitative estimate of drug-likeness (QED) is 0.873. The second-order valence-electron chi connectivity index (χ2n) is 7.02. The molecule has 1 aromatic rings. The summed E-state index contributed by atoms with van der Waals surface area (Å²) in [5.74, 6) is 1.25. The second-order valence-corrected chi connectivity index (χ2v) is 7.02. The van der Waals surface area contributed by atoms with Crippen LogP contribution >= 0.6 is 0 Å². The number of piperidine rings is 1. The average Bonchev–Trinajstić information content (AvgIpc) is 3.02. The molecule has 2 amide bonds. The van der Waals surface area contributed by atoms with E-state index in [0.717, 1.165) is 50.3 Å². The molecule has 0 aliphatic carbocycles. The lowest BCUT2D eigenvalue weighted by atomic mass is 9.84. The summed E-state index contributed by atoms with van der Waals surface area (Å²) >= 11 is 0. The van der Waals surface area contributed by atoms with Crippen LogP contribution in [0.4, 0.5) is 11.4 Å². The van der Waals surface area contributed by atoms with E-state index in [0.29, 0.717) is 24.7 Å². The normalized spacial score (nSPS) is 20.2. The Labute approximate surface area is 143 Å². The van der Waals surface area contributed by atoms with Crippen LogP contribution in [0.2, 0.25) is 0 Å². The molecule has 2 saturated heterocycles. The van der Waals surface area contributed by atoms with Crippen LogP contribution in [0.3, 0.4) is 0 Å². The van der Waals surface area contributed by atoms with Crippen molar-refractivity contribution in [1.29, 1.82) is 0 Å². The van der Waals surface area contributed by atoms with Gasteiger partial charge in [-0.25, -0.2) is 0 Å². The number of hydrogen-bond donors (Lipinski definition) is 2. The van der Waals surface area contributed by atoms with Crippen LogP contribution in [0.5, 0.6) is 0 Å². The summed E-state index contributed by atoms with van der Waals surface area (Å²) in [4.78, 5) is 26.0. The minimum absolute atomic E-state index is 0.0610. The first kappa shape index (κ1) is 17.0. The summed E-state index contributed by atoms with van der Waals surface area (Å²) in [7, 11) is 0. The van der Waals surface area contributed by atoms with E-state index in [1.54, 1.807) is 4.90 Å². The molecule has 130 valence electrons. The highest BCUT2D eigenvalue weighted by Gasteiger charge is 2.23. The van der Waals surface area contributed by atoms with E-state index in [1.165, 1.54) is 0 Å². The van der Waals surface area contributed by atoms with Crippen LogP contribution < -0.4 is 15.5 Å². The SMILES string of the molecule is CC(CC(=O)Nc1cccc(N2CCCC2=O)c1)C1CCNCC1. The van der Waals surface area contributed by atoms with Gasteiger partial charge < -0.3 is 15.5 Å². The minimum Gasteiger partial charge on any atom is -0.326 e. The number of anilines is 2. The van der Waals surface area contributed by atoms with Gasteiger partial charge in [0.15, 0.2) is 0 Å². The Morgan fingerprint density at radius 1 is 1.38 bits per heavy atom. The molecular formula is C19H27N3O2. The summed E-state index contributed by atoms with van der Waals surface area (Å²) in [6.07, 6.45) is 4.38. The van der Waals surface area contributed by atoms with Crippen molar-refractivity contribution in [3.05, 3.63) is 24.3 Å². The molecule has 0 bridgehead atoms. The van der Waals surface area contributed by atoms with E-state index >= 15 is 0 Å². The van der Waals surface area contributed by atoms with E-state index in [2.05, 4.69) is 17.6 Å². The van der Waals surface area contributed by atoms with Crippen molar-refractivity contribution >= 4 is 23.2 Å². The molecule has 2 aliphatic rings. The first-order chi connectivity index (χ1) is 11.6. The zero-order chi connectivity index (χ0) is 16.9. The summed E-state index contributed by atoms with van der Waals surface area (Å²) in [5.41, 5.74) is 1.65. The van der Waals surface area contributed by atoms with E-state index < -0.39 is 0 Å². The summed E-state index contributed by atoms with van der Waals surface area (Å²) < 4.78 is 0. The average molecular weight is 329 g/mol. The second kappa shape index (κ2) is 7.79. The maximum atomic E-state index is 12.4. The molecule has 2 fully saturated rings. The standard InChI is InChI=1S/C19H27N3O2/c1-14(15-7-9-20-10-8-15)12-18(23)21-16-4-2-5-17(13-16)22-11-3-6-19(22)24/h2,4-5,13-15,20H,3,6-12H2,1H3,(H,21,23). The number of amides is 2.